The van der Waals surface area contributed by atoms with Crippen LogP contribution in [-0.4, -0.2) is 13.1 Å². The van der Waals surface area contributed by atoms with Crippen LogP contribution in [0.3, 0.4) is 0 Å². The van der Waals surface area contributed by atoms with E-state index in [0.29, 0.717) is 6.42 Å². The largest absolute Gasteiger partial charge is 0.466 e. The zero-order valence-corrected chi connectivity index (χ0v) is 10.4. The van der Waals surface area contributed by atoms with Crippen molar-refractivity contribution in [1.29, 1.82) is 0 Å². The first kappa shape index (κ1) is 12.3. The number of halogens is 1. The maximum Gasteiger partial charge on any atom is 0.334 e. The molecule has 0 saturated carbocycles. The number of carbonyl (C=O) groups is 1. The molecular formula is C12H17ClO2. The number of ether oxygens (including phenoxy) is 1. The van der Waals surface area contributed by atoms with Gasteiger partial charge < -0.3 is 4.74 Å². The molecule has 0 amide bonds. The SMILES string of the molecule is COC(=O)C1=C(C(C)(C)C)C=C(Cl)CC1. The Hall–Kier alpha value is -0.760. The third kappa shape index (κ3) is 2.85. The molecule has 0 bridgehead atoms. The molecule has 0 fully saturated rings. The van der Waals surface area contributed by atoms with Gasteiger partial charge in [0.25, 0.3) is 0 Å². The lowest BCUT2D eigenvalue weighted by molar-refractivity contribution is -0.136. The molecule has 0 aromatic heterocycles. The van der Waals surface area contributed by atoms with Crippen LogP contribution in [0.5, 0.6) is 0 Å². The standard InChI is InChI=1S/C12H17ClO2/c1-12(2,3)10-7-8(13)5-6-9(10)11(14)15-4/h7H,5-6H2,1-4H3. The summed E-state index contributed by atoms with van der Waals surface area (Å²) in [5, 5.41) is 0.813. The number of hydrogen-bond donors (Lipinski definition) is 0. The summed E-state index contributed by atoms with van der Waals surface area (Å²) in [6, 6.07) is 0. The molecule has 0 heterocycles. The number of esters is 1. The highest BCUT2D eigenvalue weighted by atomic mass is 35.5. The molecule has 0 saturated heterocycles. The Morgan fingerprint density at radius 3 is 2.47 bits per heavy atom. The van der Waals surface area contributed by atoms with Crippen molar-refractivity contribution in [1.82, 2.24) is 0 Å². The van der Waals surface area contributed by atoms with E-state index in [1.54, 1.807) is 0 Å². The van der Waals surface area contributed by atoms with E-state index < -0.39 is 0 Å². The van der Waals surface area contributed by atoms with Gasteiger partial charge in [-0.2, -0.15) is 0 Å². The van der Waals surface area contributed by atoms with E-state index in [1.165, 1.54) is 7.11 Å². The Kier molecular flexibility index (Phi) is 3.61. The Labute approximate surface area is 95.9 Å². The second-order valence-electron chi connectivity index (χ2n) is 4.73. The molecule has 0 atom stereocenters. The molecule has 0 aromatic rings. The van der Waals surface area contributed by atoms with E-state index in [2.05, 4.69) is 20.8 Å². The molecule has 3 heteroatoms. The fraction of sp³-hybridized carbons (Fsp3) is 0.583. The summed E-state index contributed by atoms with van der Waals surface area (Å²) in [7, 11) is 1.41. The zero-order chi connectivity index (χ0) is 11.6. The Morgan fingerprint density at radius 2 is 2.00 bits per heavy atom. The molecule has 2 nitrogen and oxygen atoms in total. The highest BCUT2D eigenvalue weighted by molar-refractivity contribution is 6.30. The molecule has 1 rings (SSSR count). The Bertz CT molecular complexity index is 332. The van der Waals surface area contributed by atoms with Crippen LogP contribution in [0.1, 0.15) is 33.6 Å². The van der Waals surface area contributed by atoms with Crippen molar-refractivity contribution in [3.63, 3.8) is 0 Å². The van der Waals surface area contributed by atoms with Crippen LogP contribution >= 0.6 is 11.6 Å². The molecule has 0 spiro atoms. The molecule has 1 aliphatic carbocycles. The molecule has 1 aliphatic rings. The number of allylic oxidation sites excluding steroid dienone is 3. The van der Waals surface area contributed by atoms with Gasteiger partial charge in [0.2, 0.25) is 0 Å². The van der Waals surface area contributed by atoms with Crippen molar-refractivity contribution in [2.75, 3.05) is 7.11 Å². The van der Waals surface area contributed by atoms with Gasteiger partial charge in [0.05, 0.1) is 7.11 Å². The van der Waals surface area contributed by atoms with E-state index in [9.17, 15) is 4.79 Å². The van der Waals surface area contributed by atoms with Gasteiger partial charge in [-0.15, -0.1) is 0 Å². The lowest BCUT2D eigenvalue weighted by Gasteiger charge is -2.26. The van der Waals surface area contributed by atoms with Crippen LogP contribution in [0.2, 0.25) is 0 Å². The summed E-state index contributed by atoms with van der Waals surface area (Å²) in [6.45, 7) is 6.20. The molecule has 0 unspecified atom stereocenters. The maximum absolute atomic E-state index is 11.6. The third-order valence-electron chi connectivity index (χ3n) is 2.48. The monoisotopic (exact) mass is 228 g/mol. The lowest BCUT2D eigenvalue weighted by Crippen LogP contribution is -2.18. The fourth-order valence-corrected chi connectivity index (χ4v) is 1.90. The third-order valence-corrected chi connectivity index (χ3v) is 2.78. The Morgan fingerprint density at radius 1 is 1.40 bits per heavy atom. The second kappa shape index (κ2) is 4.40. The first-order chi connectivity index (χ1) is 6.86. The van der Waals surface area contributed by atoms with E-state index in [1.807, 2.05) is 6.08 Å². The fourth-order valence-electron chi connectivity index (χ4n) is 1.70. The van der Waals surface area contributed by atoms with Crippen molar-refractivity contribution in [2.24, 2.45) is 5.41 Å². The summed E-state index contributed by atoms with van der Waals surface area (Å²) >= 11 is 6.01. The molecule has 0 N–H and O–H groups in total. The topological polar surface area (TPSA) is 26.3 Å². The number of rotatable bonds is 1. The summed E-state index contributed by atoms with van der Waals surface area (Å²) in [6.07, 6.45) is 3.30. The molecular weight excluding hydrogens is 212 g/mol. The quantitative estimate of drug-likeness (QED) is 0.643. The van der Waals surface area contributed by atoms with Gasteiger partial charge in [-0.3, -0.25) is 0 Å². The first-order valence-electron chi connectivity index (χ1n) is 5.04. The van der Waals surface area contributed by atoms with Crippen molar-refractivity contribution < 1.29 is 9.53 Å². The second-order valence-corrected chi connectivity index (χ2v) is 5.21. The van der Waals surface area contributed by atoms with Gasteiger partial charge in [0, 0.05) is 10.6 Å². The van der Waals surface area contributed by atoms with E-state index in [0.717, 1.165) is 22.6 Å². The van der Waals surface area contributed by atoms with E-state index in [-0.39, 0.29) is 11.4 Å². The summed E-state index contributed by atoms with van der Waals surface area (Å²) < 4.78 is 4.78. The molecule has 0 aromatic carbocycles. The lowest BCUT2D eigenvalue weighted by atomic mass is 9.80. The van der Waals surface area contributed by atoms with Gasteiger partial charge in [0.15, 0.2) is 0 Å². The molecule has 0 aliphatic heterocycles. The molecule has 0 radical (unpaired) electrons. The van der Waals surface area contributed by atoms with Gasteiger partial charge in [-0.1, -0.05) is 32.4 Å². The average molecular weight is 229 g/mol. The van der Waals surface area contributed by atoms with Crippen LogP contribution in [0.4, 0.5) is 0 Å². The van der Waals surface area contributed by atoms with Crippen molar-refractivity contribution in [3.05, 3.63) is 22.3 Å². The van der Waals surface area contributed by atoms with Gasteiger partial charge >= 0.3 is 5.97 Å². The predicted octanol–water partition coefficient (Wildman–Crippen LogP) is 3.42. The summed E-state index contributed by atoms with van der Waals surface area (Å²) in [4.78, 5) is 11.6. The number of methoxy groups -OCH3 is 1. The Balaban J connectivity index is 3.20. The minimum Gasteiger partial charge on any atom is -0.466 e. The van der Waals surface area contributed by atoms with Crippen LogP contribution in [0.15, 0.2) is 22.3 Å². The first-order valence-corrected chi connectivity index (χ1v) is 5.42. The van der Waals surface area contributed by atoms with E-state index >= 15 is 0 Å². The smallest absolute Gasteiger partial charge is 0.334 e. The summed E-state index contributed by atoms with van der Waals surface area (Å²) in [5.41, 5.74) is 1.67. The minimum absolute atomic E-state index is 0.0793. The number of hydrogen-bond acceptors (Lipinski definition) is 2. The van der Waals surface area contributed by atoms with Crippen molar-refractivity contribution in [2.45, 2.75) is 33.6 Å². The maximum atomic E-state index is 11.6. The van der Waals surface area contributed by atoms with Crippen LogP contribution in [-0.2, 0) is 9.53 Å². The van der Waals surface area contributed by atoms with Crippen LogP contribution < -0.4 is 0 Å². The zero-order valence-electron chi connectivity index (χ0n) is 9.69. The van der Waals surface area contributed by atoms with Crippen molar-refractivity contribution in [3.8, 4) is 0 Å². The highest BCUT2D eigenvalue weighted by Gasteiger charge is 2.26. The van der Waals surface area contributed by atoms with Crippen LogP contribution in [0.25, 0.3) is 0 Å². The van der Waals surface area contributed by atoms with Gasteiger partial charge in [-0.25, -0.2) is 4.79 Å². The predicted molar refractivity (Wildman–Crippen MR) is 61.7 cm³/mol. The average Bonchev–Trinajstić information content (AvgIpc) is 2.15. The van der Waals surface area contributed by atoms with Gasteiger partial charge in [0.1, 0.15) is 0 Å². The molecule has 15 heavy (non-hydrogen) atoms. The summed E-state index contributed by atoms with van der Waals surface area (Å²) in [5.74, 6) is -0.236. The van der Waals surface area contributed by atoms with Gasteiger partial charge in [-0.05, 0) is 29.9 Å². The highest BCUT2D eigenvalue weighted by Crippen LogP contribution is 2.37. The van der Waals surface area contributed by atoms with E-state index in [4.69, 9.17) is 16.3 Å². The van der Waals surface area contributed by atoms with Crippen molar-refractivity contribution >= 4 is 17.6 Å². The molecule has 84 valence electrons. The number of carbonyl (C=O) groups excluding carboxylic acids is 1. The van der Waals surface area contributed by atoms with Crippen LogP contribution in [0, 0.1) is 5.41 Å². The minimum atomic E-state index is -0.236. The normalized spacial score (nSPS) is 17.5.